The summed E-state index contributed by atoms with van der Waals surface area (Å²) in [7, 11) is 0. The average molecular weight is 231 g/mol. The Morgan fingerprint density at radius 3 is 2.50 bits per heavy atom. The van der Waals surface area contributed by atoms with Crippen molar-refractivity contribution < 1.29 is 14.9 Å². The summed E-state index contributed by atoms with van der Waals surface area (Å²) in [4.78, 5) is 0. The van der Waals surface area contributed by atoms with E-state index in [-0.39, 0.29) is 13.2 Å². The van der Waals surface area contributed by atoms with E-state index in [0.29, 0.717) is 12.1 Å². The highest BCUT2D eigenvalue weighted by atomic mass is 16.5. The SMILES string of the molecule is CCC1CC(NC(CC)(CO)CO)CCO1. The topological polar surface area (TPSA) is 61.7 Å². The van der Waals surface area contributed by atoms with Crippen molar-refractivity contribution in [2.24, 2.45) is 0 Å². The fourth-order valence-corrected chi connectivity index (χ4v) is 2.20. The highest BCUT2D eigenvalue weighted by molar-refractivity contribution is 4.90. The van der Waals surface area contributed by atoms with Gasteiger partial charge in [0.2, 0.25) is 0 Å². The molecule has 2 atom stereocenters. The number of aliphatic hydroxyl groups is 2. The van der Waals surface area contributed by atoms with Crippen LogP contribution in [-0.4, -0.2) is 47.7 Å². The van der Waals surface area contributed by atoms with Gasteiger partial charge in [0.05, 0.1) is 24.9 Å². The molecule has 0 amide bonds. The molecule has 16 heavy (non-hydrogen) atoms. The van der Waals surface area contributed by atoms with Crippen LogP contribution in [0.5, 0.6) is 0 Å². The molecule has 1 fully saturated rings. The van der Waals surface area contributed by atoms with Gasteiger partial charge in [0.15, 0.2) is 0 Å². The first-order valence-electron chi connectivity index (χ1n) is 6.30. The van der Waals surface area contributed by atoms with Gasteiger partial charge in [-0.15, -0.1) is 0 Å². The van der Waals surface area contributed by atoms with Crippen molar-refractivity contribution >= 4 is 0 Å². The van der Waals surface area contributed by atoms with E-state index in [1.54, 1.807) is 0 Å². The summed E-state index contributed by atoms with van der Waals surface area (Å²) in [6.07, 6.45) is 4.00. The van der Waals surface area contributed by atoms with Crippen LogP contribution in [0.4, 0.5) is 0 Å². The van der Waals surface area contributed by atoms with Crippen molar-refractivity contribution in [1.29, 1.82) is 0 Å². The highest BCUT2D eigenvalue weighted by Gasteiger charge is 2.31. The van der Waals surface area contributed by atoms with E-state index in [0.717, 1.165) is 32.3 Å². The van der Waals surface area contributed by atoms with Gasteiger partial charge in [0.1, 0.15) is 0 Å². The van der Waals surface area contributed by atoms with Gasteiger partial charge in [0.25, 0.3) is 0 Å². The van der Waals surface area contributed by atoms with Crippen molar-refractivity contribution in [3.05, 3.63) is 0 Å². The molecule has 0 bridgehead atoms. The van der Waals surface area contributed by atoms with Crippen LogP contribution in [0.2, 0.25) is 0 Å². The summed E-state index contributed by atoms with van der Waals surface area (Å²) in [5.74, 6) is 0. The monoisotopic (exact) mass is 231 g/mol. The summed E-state index contributed by atoms with van der Waals surface area (Å²) in [6, 6.07) is 0.345. The van der Waals surface area contributed by atoms with E-state index in [1.165, 1.54) is 0 Å². The summed E-state index contributed by atoms with van der Waals surface area (Å²) in [5, 5.41) is 22.2. The fraction of sp³-hybridized carbons (Fsp3) is 1.00. The van der Waals surface area contributed by atoms with Gasteiger partial charge >= 0.3 is 0 Å². The van der Waals surface area contributed by atoms with Crippen molar-refractivity contribution in [2.75, 3.05) is 19.8 Å². The van der Waals surface area contributed by atoms with E-state index in [2.05, 4.69) is 12.2 Å². The molecule has 0 aromatic carbocycles. The van der Waals surface area contributed by atoms with E-state index < -0.39 is 5.54 Å². The fourth-order valence-electron chi connectivity index (χ4n) is 2.20. The number of rotatable bonds is 6. The maximum atomic E-state index is 9.38. The third kappa shape index (κ3) is 3.42. The quantitative estimate of drug-likeness (QED) is 0.628. The van der Waals surface area contributed by atoms with E-state index >= 15 is 0 Å². The summed E-state index contributed by atoms with van der Waals surface area (Å²) in [5.41, 5.74) is -0.527. The van der Waals surface area contributed by atoms with Crippen LogP contribution in [0.25, 0.3) is 0 Å². The second-order valence-electron chi connectivity index (χ2n) is 4.72. The van der Waals surface area contributed by atoms with Crippen LogP contribution >= 0.6 is 0 Å². The number of hydrogen-bond donors (Lipinski definition) is 3. The van der Waals surface area contributed by atoms with Gasteiger partial charge in [-0.05, 0) is 25.7 Å². The minimum Gasteiger partial charge on any atom is -0.394 e. The minimum absolute atomic E-state index is 0.0197. The molecule has 96 valence electrons. The highest BCUT2D eigenvalue weighted by Crippen LogP contribution is 2.20. The third-order valence-electron chi connectivity index (χ3n) is 3.62. The lowest BCUT2D eigenvalue weighted by Gasteiger charge is -2.38. The Hall–Kier alpha value is -0.160. The van der Waals surface area contributed by atoms with Gasteiger partial charge in [-0.1, -0.05) is 13.8 Å². The summed E-state index contributed by atoms with van der Waals surface area (Å²) < 4.78 is 5.61. The molecule has 0 spiro atoms. The zero-order chi connectivity index (χ0) is 12.0. The first-order valence-corrected chi connectivity index (χ1v) is 6.30. The summed E-state index contributed by atoms with van der Waals surface area (Å²) >= 11 is 0. The van der Waals surface area contributed by atoms with Crippen LogP contribution in [0, 0.1) is 0 Å². The molecule has 1 saturated heterocycles. The molecule has 0 radical (unpaired) electrons. The molecule has 0 aromatic rings. The standard InChI is InChI=1S/C12H25NO3/c1-3-11-7-10(5-6-16-11)13-12(4-2,8-14)9-15/h10-11,13-15H,3-9H2,1-2H3. The van der Waals surface area contributed by atoms with Crippen molar-refractivity contribution in [2.45, 2.75) is 57.2 Å². The molecule has 2 unspecified atom stereocenters. The normalized spacial score (nSPS) is 27.0. The predicted molar refractivity (Wildman–Crippen MR) is 63.4 cm³/mol. The van der Waals surface area contributed by atoms with Gasteiger partial charge in [-0.3, -0.25) is 0 Å². The lowest BCUT2D eigenvalue weighted by Crippen LogP contribution is -2.57. The van der Waals surface area contributed by atoms with Crippen molar-refractivity contribution in [3.63, 3.8) is 0 Å². The van der Waals surface area contributed by atoms with Crippen LogP contribution in [0.1, 0.15) is 39.5 Å². The molecule has 4 heteroatoms. The Balaban J connectivity index is 2.50. The molecule has 1 rings (SSSR count). The van der Waals surface area contributed by atoms with E-state index in [1.807, 2.05) is 6.92 Å². The smallest absolute Gasteiger partial charge is 0.0647 e. The average Bonchev–Trinajstić information content (AvgIpc) is 2.36. The Kier molecular flexibility index (Phi) is 5.69. The number of ether oxygens (including phenoxy) is 1. The van der Waals surface area contributed by atoms with Gasteiger partial charge in [-0.25, -0.2) is 0 Å². The zero-order valence-electron chi connectivity index (χ0n) is 10.4. The first-order chi connectivity index (χ1) is 7.69. The van der Waals surface area contributed by atoms with Gasteiger partial charge in [-0.2, -0.15) is 0 Å². The second kappa shape index (κ2) is 6.55. The molecule has 4 nitrogen and oxygen atoms in total. The largest absolute Gasteiger partial charge is 0.394 e. The number of nitrogens with one attached hydrogen (secondary N) is 1. The predicted octanol–water partition coefficient (Wildman–Crippen LogP) is 0.667. The van der Waals surface area contributed by atoms with Crippen LogP contribution in [0.3, 0.4) is 0 Å². The van der Waals surface area contributed by atoms with Crippen LogP contribution in [-0.2, 0) is 4.74 Å². The number of hydrogen-bond acceptors (Lipinski definition) is 4. The molecule has 0 saturated carbocycles. The second-order valence-corrected chi connectivity index (χ2v) is 4.72. The van der Waals surface area contributed by atoms with Crippen LogP contribution < -0.4 is 5.32 Å². The Morgan fingerprint density at radius 2 is 2.00 bits per heavy atom. The molecule has 3 N–H and O–H groups in total. The maximum Gasteiger partial charge on any atom is 0.0647 e. The summed E-state index contributed by atoms with van der Waals surface area (Å²) in [6.45, 7) is 4.84. The van der Waals surface area contributed by atoms with E-state index in [9.17, 15) is 10.2 Å². The third-order valence-corrected chi connectivity index (χ3v) is 3.62. The lowest BCUT2D eigenvalue weighted by molar-refractivity contribution is -0.0154. The molecular formula is C12H25NO3. The van der Waals surface area contributed by atoms with Gasteiger partial charge < -0.3 is 20.3 Å². The molecule has 0 aliphatic carbocycles. The van der Waals surface area contributed by atoms with E-state index in [4.69, 9.17) is 4.74 Å². The molecule has 1 heterocycles. The zero-order valence-corrected chi connectivity index (χ0v) is 10.4. The Bertz CT molecular complexity index is 186. The Morgan fingerprint density at radius 1 is 1.31 bits per heavy atom. The molecule has 1 aliphatic heterocycles. The van der Waals surface area contributed by atoms with Gasteiger partial charge in [0, 0.05) is 12.6 Å². The molecule has 0 aromatic heterocycles. The minimum atomic E-state index is -0.527. The van der Waals surface area contributed by atoms with Crippen LogP contribution in [0.15, 0.2) is 0 Å². The maximum absolute atomic E-state index is 9.38. The molecule has 1 aliphatic rings. The van der Waals surface area contributed by atoms with Crippen molar-refractivity contribution in [1.82, 2.24) is 5.32 Å². The first kappa shape index (κ1) is 13.9. The Labute approximate surface area is 98.0 Å². The molecular weight excluding hydrogens is 206 g/mol. The lowest BCUT2D eigenvalue weighted by atomic mass is 9.93. The number of aliphatic hydroxyl groups excluding tert-OH is 2. The van der Waals surface area contributed by atoms with Crippen molar-refractivity contribution in [3.8, 4) is 0 Å².